The van der Waals surface area contributed by atoms with Gasteiger partial charge in [-0.05, 0) is 63.3 Å². The SMILES string of the molecule is C=CCN(CCCCC)C(=O)C1N([C@@H](CO)C(C)C)C(=O)[C@@H]2[C@H](C(=O)N(CC=C)c3ccc(OCC)cc3)[C@]3(C)CCC12S3. The van der Waals surface area contributed by atoms with Crippen LogP contribution < -0.4 is 9.64 Å². The third-order valence-electron chi connectivity index (χ3n) is 9.76. The minimum atomic E-state index is -0.760. The fraction of sp³-hybridized carbons (Fsp3) is 0.629. The number of unbranched alkanes of at least 4 members (excludes halogenated alkanes) is 2. The van der Waals surface area contributed by atoms with Crippen molar-refractivity contribution < 1.29 is 24.2 Å². The fourth-order valence-electron chi connectivity index (χ4n) is 7.68. The predicted molar refractivity (Wildman–Crippen MR) is 178 cm³/mol. The Bertz CT molecular complexity index is 1220. The van der Waals surface area contributed by atoms with Gasteiger partial charge >= 0.3 is 0 Å². The van der Waals surface area contributed by atoms with Gasteiger partial charge in [-0.25, -0.2) is 0 Å². The van der Waals surface area contributed by atoms with Crippen LogP contribution in [0, 0.1) is 17.8 Å². The molecule has 3 fully saturated rings. The van der Waals surface area contributed by atoms with Gasteiger partial charge in [0.1, 0.15) is 11.8 Å². The first kappa shape index (κ1) is 34.1. The van der Waals surface area contributed by atoms with E-state index in [0.717, 1.165) is 31.4 Å². The Morgan fingerprint density at radius 3 is 2.36 bits per heavy atom. The second-order valence-corrected chi connectivity index (χ2v) is 14.8. The number of aliphatic hydroxyl groups excluding tert-OH is 1. The topological polar surface area (TPSA) is 90.4 Å². The van der Waals surface area contributed by atoms with Gasteiger partial charge in [0.25, 0.3) is 0 Å². The number of hydrogen-bond acceptors (Lipinski definition) is 6. The van der Waals surface area contributed by atoms with Crippen molar-refractivity contribution in [1.82, 2.24) is 9.80 Å². The fourth-order valence-corrected chi connectivity index (χ4v) is 10.0. The minimum Gasteiger partial charge on any atom is -0.494 e. The van der Waals surface area contributed by atoms with E-state index >= 15 is 0 Å². The number of hydrogen-bond donors (Lipinski definition) is 1. The van der Waals surface area contributed by atoms with Crippen LogP contribution in [-0.4, -0.2) is 87.1 Å². The lowest BCUT2D eigenvalue weighted by Gasteiger charge is -2.40. The van der Waals surface area contributed by atoms with Crippen molar-refractivity contribution in [2.45, 2.75) is 88.3 Å². The van der Waals surface area contributed by atoms with Crippen LogP contribution in [0.15, 0.2) is 49.6 Å². The highest BCUT2D eigenvalue weighted by atomic mass is 32.2. The predicted octanol–water partition coefficient (Wildman–Crippen LogP) is 5.31. The smallest absolute Gasteiger partial charge is 0.247 e. The number of nitrogens with zero attached hydrogens (tertiary/aromatic N) is 3. The molecular weight excluding hydrogens is 574 g/mol. The minimum absolute atomic E-state index is 0.0736. The quantitative estimate of drug-likeness (QED) is 0.198. The number of benzene rings is 1. The van der Waals surface area contributed by atoms with Crippen LogP contribution >= 0.6 is 11.8 Å². The van der Waals surface area contributed by atoms with Crippen molar-refractivity contribution in [2.75, 3.05) is 37.7 Å². The van der Waals surface area contributed by atoms with Crippen molar-refractivity contribution >= 4 is 35.2 Å². The first-order valence-corrected chi connectivity index (χ1v) is 17.0. The molecule has 1 spiro atoms. The molecular formula is C35H51N3O5S. The molecule has 0 saturated carbocycles. The summed E-state index contributed by atoms with van der Waals surface area (Å²) in [6.07, 6.45) is 7.73. The van der Waals surface area contributed by atoms with E-state index in [2.05, 4.69) is 27.0 Å². The molecule has 3 aliphatic rings. The molecule has 0 aromatic heterocycles. The summed E-state index contributed by atoms with van der Waals surface area (Å²) in [5.74, 6) is -1.07. The van der Waals surface area contributed by atoms with Gasteiger partial charge in [0.15, 0.2) is 0 Å². The average molecular weight is 626 g/mol. The summed E-state index contributed by atoms with van der Waals surface area (Å²) in [6, 6.07) is 6.13. The Kier molecular flexibility index (Phi) is 10.9. The van der Waals surface area contributed by atoms with E-state index in [4.69, 9.17) is 4.74 Å². The zero-order valence-corrected chi connectivity index (χ0v) is 28.0. The standard InChI is InChI=1S/C35H51N3O5S/c1-8-12-13-22-36(20-9-2)33(42)30-35-19-18-34(7,44-35)28(29(35)32(41)38(30)27(23-39)24(5)6)31(40)37(21-10-3)25-14-16-26(17-15-25)43-11-4/h9-10,14-17,24,27-30,39H,2-3,8,11-13,18-23H2,1,4-7H3/t27-,28+,29-,30?,34-,35?/m0/s1. The molecule has 1 aromatic carbocycles. The summed E-state index contributed by atoms with van der Waals surface area (Å²) >= 11 is 1.66. The number of thioether (sulfide) groups is 1. The summed E-state index contributed by atoms with van der Waals surface area (Å²) in [5, 5.41) is 10.6. The van der Waals surface area contributed by atoms with Gasteiger partial charge in [0, 0.05) is 30.1 Å². The van der Waals surface area contributed by atoms with Gasteiger partial charge in [0.2, 0.25) is 17.7 Å². The molecule has 1 aromatic rings. The molecule has 1 N–H and O–H groups in total. The second kappa shape index (κ2) is 14.1. The van der Waals surface area contributed by atoms with E-state index in [1.165, 1.54) is 0 Å². The molecule has 44 heavy (non-hydrogen) atoms. The number of likely N-dealkylation sites (tertiary alicyclic amines) is 1. The third-order valence-corrected chi connectivity index (χ3v) is 11.7. The summed E-state index contributed by atoms with van der Waals surface area (Å²) in [6.45, 7) is 19.5. The maximum absolute atomic E-state index is 14.7. The Hall–Kier alpha value is -2.78. The first-order valence-electron chi connectivity index (χ1n) is 16.2. The zero-order valence-electron chi connectivity index (χ0n) is 27.2. The normalized spacial score (nSPS) is 27.8. The van der Waals surface area contributed by atoms with Gasteiger partial charge in [-0.2, -0.15) is 0 Å². The second-order valence-electron chi connectivity index (χ2n) is 12.9. The highest BCUT2D eigenvalue weighted by Crippen LogP contribution is 2.72. The number of amides is 3. The number of rotatable bonds is 16. The molecule has 0 radical (unpaired) electrons. The summed E-state index contributed by atoms with van der Waals surface area (Å²) in [5.41, 5.74) is 0.710. The monoisotopic (exact) mass is 625 g/mol. The van der Waals surface area contributed by atoms with Gasteiger partial charge < -0.3 is 24.5 Å². The summed E-state index contributed by atoms with van der Waals surface area (Å²) < 4.78 is 4.35. The Morgan fingerprint density at radius 2 is 1.80 bits per heavy atom. The van der Waals surface area contributed by atoms with Crippen molar-refractivity contribution in [2.24, 2.45) is 17.8 Å². The van der Waals surface area contributed by atoms with Crippen molar-refractivity contribution in [1.29, 1.82) is 0 Å². The maximum Gasteiger partial charge on any atom is 0.247 e. The van der Waals surface area contributed by atoms with Crippen LogP contribution in [0.25, 0.3) is 0 Å². The van der Waals surface area contributed by atoms with E-state index in [-0.39, 0.29) is 30.2 Å². The highest BCUT2D eigenvalue weighted by Gasteiger charge is 2.78. The summed E-state index contributed by atoms with van der Waals surface area (Å²) in [4.78, 5) is 49.3. The van der Waals surface area contributed by atoms with Crippen molar-refractivity contribution in [3.8, 4) is 5.75 Å². The Balaban J connectivity index is 1.79. The van der Waals surface area contributed by atoms with E-state index < -0.39 is 33.4 Å². The van der Waals surface area contributed by atoms with E-state index in [0.29, 0.717) is 38.3 Å². The first-order chi connectivity index (χ1) is 21.0. The zero-order chi connectivity index (χ0) is 32.2. The van der Waals surface area contributed by atoms with Crippen LogP contribution in [0.1, 0.15) is 66.7 Å². The van der Waals surface area contributed by atoms with Crippen LogP contribution in [-0.2, 0) is 14.4 Å². The lowest BCUT2D eigenvalue weighted by atomic mass is 9.66. The molecule has 0 aliphatic carbocycles. The van der Waals surface area contributed by atoms with Crippen molar-refractivity contribution in [3.63, 3.8) is 0 Å². The number of anilines is 1. The van der Waals surface area contributed by atoms with E-state index in [9.17, 15) is 19.5 Å². The Labute approximate surface area is 267 Å². The number of fused-ring (bicyclic) bond motifs is 1. The average Bonchev–Trinajstić information content (AvgIpc) is 3.56. The molecule has 242 valence electrons. The van der Waals surface area contributed by atoms with E-state index in [1.807, 2.05) is 49.9 Å². The summed E-state index contributed by atoms with van der Waals surface area (Å²) in [7, 11) is 0. The van der Waals surface area contributed by atoms with Crippen LogP contribution in [0.3, 0.4) is 0 Å². The molecule has 2 bridgehead atoms. The molecule has 9 heteroatoms. The molecule has 3 aliphatic heterocycles. The largest absolute Gasteiger partial charge is 0.494 e. The van der Waals surface area contributed by atoms with Gasteiger partial charge in [-0.3, -0.25) is 14.4 Å². The number of ether oxygens (including phenoxy) is 1. The molecule has 3 heterocycles. The molecule has 6 atom stereocenters. The number of aliphatic hydroxyl groups is 1. The molecule has 3 amide bonds. The van der Waals surface area contributed by atoms with Crippen LogP contribution in [0.4, 0.5) is 5.69 Å². The molecule has 8 nitrogen and oxygen atoms in total. The van der Waals surface area contributed by atoms with Crippen molar-refractivity contribution in [3.05, 3.63) is 49.6 Å². The number of carbonyl (C=O) groups is 3. The van der Waals surface area contributed by atoms with Gasteiger partial charge in [0.05, 0.1) is 35.8 Å². The van der Waals surface area contributed by atoms with Crippen LogP contribution in [0.2, 0.25) is 0 Å². The van der Waals surface area contributed by atoms with Crippen LogP contribution in [0.5, 0.6) is 5.75 Å². The van der Waals surface area contributed by atoms with Gasteiger partial charge in [-0.15, -0.1) is 24.9 Å². The molecule has 3 saturated heterocycles. The highest BCUT2D eigenvalue weighted by molar-refractivity contribution is 8.02. The van der Waals surface area contributed by atoms with Gasteiger partial charge in [-0.1, -0.05) is 45.8 Å². The number of carbonyl (C=O) groups excluding carboxylic acids is 3. The molecule has 2 unspecified atom stereocenters. The van der Waals surface area contributed by atoms with E-state index in [1.54, 1.807) is 33.7 Å². The third kappa shape index (κ3) is 5.94. The lowest BCUT2D eigenvalue weighted by molar-refractivity contribution is -0.146. The Morgan fingerprint density at radius 1 is 1.11 bits per heavy atom. The lowest BCUT2D eigenvalue weighted by Crippen LogP contribution is -2.58. The maximum atomic E-state index is 14.7. The molecule has 4 rings (SSSR count).